The smallest absolute Gasteiger partial charge is 0.161 e. The van der Waals surface area contributed by atoms with Crippen LogP contribution in [-0.4, -0.2) is 16.9 Å². The minimum Gasteiger partial charge on any atom is -0.378 e. The molecule has 6 heteroatoms. The number of nitrogens with zero attached hydrogens (tertiary/aromatic N) is 1. The molecule has 60 valence electrons. The maximum absolute atomic E-state index is 6.78. The van der Waals surface area contributed by atoms with Crippen molar-refractivity contribution in [3.05, 3.63) is 0 Å². The van der Waals surface area contributed by atoms with E-state index in [1.165, 1.54) is 0 Å². The number of hydrogen-bond acceptors (Lipinski definition) is 3. The van der Waals surface area contributed by atoms with E-state index in [0.29, 0.717) is 11.7 Å². The highest BCUT2D eigenvalue weighted by Gasteiger charge is 1.92. The molecule has 0 saturated carbocycles. The van der Waals surface area contributed by atoms with Crippen LogP contribution in [0.2, 0.25) is 0 Å². The van der Waals surface area contributed by atoms with Gasteiger partial charge >= 0.3 is 0 Å². The van der Waals surface area contributed by atoms with Crippen LogP contribution in [0.4, 0.5) is 0 Å². The number of aliphatic imine (C=N–C) groups is 1. The molecule has 0 radical (unpaired) electrons. The average Bonchev–Trinajstić information content (AvgIpc) is 1.63. The van der Waals surface area contributed by atoms with Crippen LogP contribution < -0.4 is 11.5 Å². The van der Waals surface area contributed by atoms with Crippen molar-refractivity contribution in [2.75, 3.05) is 6.54 Å². The number of thioether (sulfide) groups is 1. The summed E-state index contributed by atoms with van der Waals surface area (Å²) in [7, 11) is 0. The van der Waals surface area contributed by atoms with Gasteiger partial charge in [0.15, 0.2) is 10.3 Å². The molecular weight excluding hydrogens is 216 g/mol. The molecule has 0 spiro atoms. The van der Waals surface area contributed by atoms with Gasteiger partial charge in [-0.1, -0.05) is 0 Å². The fourth-order valence-electron chi connectivity index (χ4n) is 0.301. The molecule has 0 aromatic heterocycles. The summed E-state index contributed by atoms with van der Waals surface area (Å²) in [6.07, 6.45) is 0. The molecule has 0 aromatic rings. The molecule has 0 aliphatic rings. The van der Waals surface area contributed by atoms with Crippen LogP contribution in [0.5, 0.6) is 0 Å². The van der Waals surface area contributed by atoms with Crippen LogP contribution in [0.1, 0.15) is 6.92 Å². The standard InChI is InChI=1S/C4H10N4S.BrH/c1-2-8-4(7)9-3(5)6;/h2H2,1H3,(H3,5,6)(H2,7,8);1H. The van der Waals surface area contributed by atoms with Gasteiger partial charge in [0.05, 0.1) is 0 Å². The van der Waals surface area contributed by atoms with E-state index in [0.717, 1.165) is 11.8 Å². The van der Waals surface area contributed by atoms with Crippen LogP contribution >= 0.6 is 28.7 Å². The summed E-state index contributed by atoms with van der Waals surface area (Å²) in [5.74, 6) is 0. The highest BCUT2D eigenvalue weighted by atomic mass is 79.9. The summed E-state index contributed by atoms with van der Waals surface area (Å²) in [6.45, 7) is 2.50. The number of nitrogens with one attached hydrogen (secondary N) is 1. The molecule has 0 atom stereocenters. The molecule has 0 rings (SSSR count). The van der Waals surface area contributed by atoms with E-state index in [4.69, 9.17) is 16.9 Å². The van der Waals surface area contributed by atoms with E-state index >= 15 is 0 Å². The third-order valence-corrected chi connectivity index (χ3v) is 1.09. The third-order valence-electron chi connectivity index (χ3n) is 0.528. The Morgan fingerprint density at radius 3 is 2.40 bits per heavy atom. The summed E-state index contributed by atoms with van der Waals surface area (Å²) in [5.41, 5.74) is 10.3. The summed E-state index contributed by atoms with van der Waals surface area (Å²) >= 11 is 0.968. The topological polar surface area (TPSA) is 88.2 Å². The molecule has 0 aliphatic carbocycles. The highest BCUT2D eigenvalue weighted by molar-refractivity contribution is 8.93. The van der Waals surface area contributed by atoms with Crippen molar-refractivity contribution in [3.63, 3.8) is 0 Å². The van der Waals surface area contributed by atoms with Gasteiger partial charge in [-0.15, -0.1) is 17.0 Å². The lowest BCUT2D eigenvalue weighted by atomic mass is 10.8. The van der Waals surface area contributed by atoms with Gasteiger partial charge < -0.3 is 11.5 Å². The first-order chi connectivity index (χ1) is 4.16. The van der Waals surface area contributed by atoms with E-state index in [1.807, 2.05) is 6.92 Å². The predicted octanol–water partition coefficient (Wildman–Crippen LogP) is 0.526. The molecule has 0 fully saturated rings. The monoisotopic (exact) mass is 226 g/mol. The molecule has 5 N–H and O–H groups in total. The normalized spacial score (nSPS) is 10.3. The highest BCUT2D eigenvalue weighted by Crippen LogP contribution is 1.95. The molecule has 0 bridgehead atoms. The Bertz CT molecular complexity index is 135. The van der Waals surface area contributed by atoms with E-state index in [9.17, 15) is 0 Å². The molecule has 0 amide bonds. The second kappa shape index (κ2) is 6.88. The molecule has 0 saturated heterocycles. The fraction of sp³-hybridized carbons (Fsp3) is 0.500. The number of amidine groups is 2. The van der Waals surface area contributed by atoms with Crippen molar-refractivity contribution in [2.24, 2.45) is 16.5 Å². The number of rotatable bonds is 1. The van der Waals surface area contributed by atoms with Gasteiger partial charge in [-0.2, -0.15) is 0 Å². The molecule has 10 heavy (non-hydrogen) atoms. The van der Waals surface area contributed by atoms with Gasteiger partial charge in [-0.05, 0) is 18.7 Å². The van der Waals surface area contributed by atoms with Crippen LogP contribution in [0.15, 0.2) is 4.99 Å². The van der Waals surface area contributed by atoms with Crippen molar-refractivity contribution in [2.45, 2.75) is 6.92 Å². The van der Waals surface area contributed by atoms with Crippen LogP contribution in [0, 0.1) is 5.41 Å². The lowest BCUT2D eigenvalue weighted by Crippen LogP contribution is -2.14. The summed E-state index contributed by atoms with van der Waals surface area (Å²) in [4.78, 5) is 3.80. The number of hydrogen-bond donors (Lipinski definition) is 3. The van der Waals surface area contributed by atoms with Gasteiger partial charge in [0.25, 0.3) is 0 Å². The van der Waals surface area contributed by atoms with Gasteiger partial charge in [0, 0.05) is 6.54 Å². The Labute approximate surface area is 74.7 Å². The summed E-state index contributed by atoms with van der Waals surface area (Å²) in [6, 6.07) is 0. The lowest BCUT2D eigenvalue weighted by Gasteiger charge is -1.94. The van der Waals surface area contributed by atoms with Gasteiger partial charge in [-0.25, -0.2) is 0 Å². The number of halogens is 1. The second-order valence-corrected chi connectivity index (χ2v) is 2.34. The van der Waals surface area contributed by atoms with Gasteiger partial charge in [0.2, 0.25) is 0 Å². The molecule has 0 aromatic carbocycles. The maximum atomic E-state index is 6.78. The first kappa shape index (κ1) is 12.4. The molecule has 0 aliphatic heterocycles. The Balaban J connectivity index is 0. The fourth-order valence-corrected chi connectivity index (χ4v) is 0.720. The van der Waals surface area contributed by atoms with Crippen molar-refractivity contribution in [3.8, 4) is 0 Å². The van der Waals surface area contributed by atoms with Crippen molar-refractivity contribution < 1.29 is 0 Å². The van der Waals surface area contributed by atoms with Gasteiger partial charge in [-0.3, -0.25) is 10.4 Å². The van der Waals surface area contributed by atoms with Crippen molar-refractivity contribution in [1.82, 2.24) is 0 Å². The Morgan fingerprint density at radius 2 is 2.10 bits per heavy atom. The largest absolute Gasteiger partial charge is 0.378 e. The first-order valence-corrected chi connectivity index (χ1v) is 3.30. The van der Waals surface area contributed by atoms with Crippen molar-refractivity contribution >= 4 is 39.1 Å². The summed E-state index contributed by atoms with van der Waals surface area (Å²) < 4.78 is 0. The molecule has 0 unspecified atom stereocenters. The SMILES string of the molecule is Br.CCN=C(N)SC(=N)N. The van der Waals surface area contributed by atoms with Crippen molar-refractivity contribution in [1.29, 1.82) is 5.41 Å². The average molecular weight is 227 g/mol. The number of nitrogens with two attached hydrogens (primary N) is 2. The minimum atomic E-state index is -0.0234. The van der Waals surface area contributed by atoms with Crippen LogP contribution in [0.25, 0.3) is 0 Å². The zero-order chi connectivity index (χ0) is 7.28. The second-order valence-electron chi connectivity index (χ2n) is 1.28. The molecule has 4 nitrogen and oxygen atoms in total. The summed E-state index contributed by atoms with van der Waals surface area (Å²) in [5, 5.41) is 7.11. The Hall–Kier alpha value is -0.230. The van der Waals surface area contributed by atoms with E-state index in [-0.39, 0.29) is 22.1 Å². The first-order valence-electron chi connectivity index (χ1n) is 2.48. The zero-order valence-electron chi connectivity index (χ0n) is 5.63. The Morgan fingerprint density at radius 1 is 1.60 bits per heavy atom. The zero-order valence-corrected chi connectivity index (χ0v) is 8.16. The molecular formula is C4H11BrN4S. The lowest BCUT2D eigenvalue weighted by molar-refractivity contribution is 1.13. The van der Waals surface area contributed by atoms with E-state index < -0.39 is 0 Å². The predicted molar refractivity (Wildman–Crippen MR) is 52.0 cm³/mol. The third kappa shape index (κ3) is 7.77. The van der Waals surface area contributed by atoms with Gasteiger partial charge in [0.1, 0.15) is 0 Å². The minimum absolute atomic E-state index is 0. The Kier molecular flexibility index (Phi) is 8.57. The molecule has 0 heterocycles. The van der Waals surface area contributed by atoms with Crippen LogP contribution in [0.3, 0.4) is 0 Å². The van der Waals surface area contributed by atoms with E-state index in [1.54, 1.807) is 0 Å². The maximum Gasteiger partial charge on any atom is 0.161 e. The quantitative estimate of drug-likeness (QED) is 0.450. The van der Waals surface area contributed by atoms with Crippen LogP contribution in [-0.2, 0) is 0 Å². The van der Waals surface area contributed by atoms with E-state index in [2.05, 4.69) is 4.99 Å².